The fraction of sp³-hybridized carbons (Fsp3) is 1.00. The van der Waals surface area contributed by atoms with Crippen molar-refractivity contribution in [3.8, 4) is 0 Å². The molecule has 4 unspecified atom stereocenters. The lowest BCUT2D eigenvalue weighted by Crippen LogP contribution is -2.49. The molecule has 3 fully saturated rings. The van der Waals surface area contributed by atoms with Crippen molar-refractivity contribution in [2.45, 2.75) is 64.0 Å². The third-order valence-corrected chi connectivity index (χ3v) is 6.69. The van der Waals surface area contributed by atoms with E-state index in [0.717, 1.165) is 30.4 Å². The maximum absolute atomic E-state index is 6.28. The highest BCUT2D eigenvalue weighted by atomic mass is 32.2. The lowest BCUT2D eigenvalue weighted by Gasteiger charge is -2.45. The SMILES string of the molecule is CCCNC(C1CCOC2(CCSCC2)C1)C1CC1C. The first-order valence-corrected chi connectivity index (χ1v) is 9.85. The average Bonchev–Trinajstić information content (AvgIpc) is 3.17. The third-order valence-electron chi connectivity index (χ3n) is 5.71. The van der Waals surface area contributed by atoms with Gasteiger partial charge in [-0.1, -0.05) is 13.8 Å². The predicted octanol–water partition coefficient (Wildman–Crippen LogP) is 3.70. The van der Waals surface area contributed by atoms with Crippen LogP contribution in [0.25, 0.3) is 0 Å². The van der Waals surface area contributed by atoms with Crippen LogP contribution in [-0.2, 0) is 4.74 Å². The normalized spacial score (nSPS) is 37.8. The largest absolute Gasteiger partial charge is 0.375 e. The third kappa shape index (κ3) is 3.36. The van der Waals surface area contributed by atoms with Gasteiger partial charge >= 0.3 is 0 Å². The summed E-state index contributed by atoms with van der Waals surface area (Å²) in [6.07, 6.45) is 7.87. The van der Waals surface area contributed by atoms with Crippen molar-refractivity contribution in [2.75, 3.05) is 24.7 Å². The fourth-order valence-corrected chi connectivity index (χ4v) is 5.53. The Morgan fingerprint density at radius 3 is 2.75 bits per heavy atom. The Morgan fingerprint density at radius 2 is 2.10 bits per heavy atom. The zero-order valence-electron chi connectivity index (χ0n) is 13.2. The summed E-state index contributed by atoms with van der Waals surface area (Å²) in [5.74, 6) is 5.36. The van der Waals surface area contributed by atoms with Gasteiger partial charge in [-0.3, -0.25) is 0 Å². The quantitative estimate of drug-likeness (QED) is 0.836. The highest BCUT2D eigenvalue weighted by Crippen LogP contribution is 2.48. The molecule has 0 aromatic carbocycles. The summed E-state index contributed by atoms with van der Waals surface area (Å²) < 4.78 is 6.28. The average molecular weight is 298 g/mol. The Hall–Kier alpha value is 0.270. The molecule has 3 aliphatic rings. The van der Waals surface area contributed by atoms with Crippen molar-refractivity contribution in [3.63, 3.8) is 0 Å². The van der Waals surface area contributed by atoms with E-state index in [1.165, 1.54) is 56.6 Å². The summed E-state index contributed by atoms with van der Waals surface area (Å²) in [7, 11) is 0. The Kier molecular flexibility index (Phi) is 4.99. The summed E-state index contributed by atoms with van der Waals surface area (Å²) in [5, 5.41) is 3.89. The minimum atomic E-state index is 0.248. The van der Waals surface area contributed by atoms with E-state index in [1.54, 1.807) is 0 Å². The molecule has 1 saturated carbocycles. The highest BCUT2D eigenvalue weighted by Gasteiger charge is 2.47. The van der Waals surface area contributed by atoms with Crippen molar-refractivity contribution < 1.29 is 4.74 Å². The molecule has 2 aliphatic heterocycles. The van der Waals surface area contributed by atoms with Gasteiger partial charge in [-0.2, -0.15) is 11.8 Å². The topological polar surface area (TPSA) is 21.3 Å². The molecule has 0 aromatic rings. The fourth-order valence-electron chi connectivity index (χ4n) is 4.29. The molecule has 2 saturated heterocycles. The van der Waals surface area contributed by atoms with Gasteiger partial charge in [0.2, 0.25) is 0 Å². The molecule has 1 spiro atoms. The van der Waals surface area contributed by atoms with Crippen molar-refractivity contribution in [1.82, 2.24) is 5.32 Å². The van der Waals surface area contributed by atoms with Gasteiger partial charge in [0.1, 0.15) is 0 Å². The summed E-state index contributed by atoms with van der Waals surface area (Å²) >= 11 is 2.11. The van der Waals surface area contributed by atoms with Crippen molar-refractivity contribution in [3.05, 3.63) is 0 Å². The molecule has 0 aromatic heterocycles. The Bertz CT molecular complexity index is 311. The van der Waals surface area contributed by atoms with Crippen LogP contribution >= 0.6 is 11.8 Å². The van der Waals surface area contributed by atoms with Gasteiger partial charge in [-0.05, 0) is 74.3 Å². The molecule has 2 heterocycles. The first-order valence-electron chi connectivity index (χ1n) is 8.69. The molecule has 3 rings (SSSR count). The van der Waals surface area contributed by atoms with Crippen molar-refractivity contribution in [1.29, 1.82) is 0 Å². The molecule has 0 radical (unpaired) electrons. The highest BCUT2D eigenvalue weighted by molar-refractivity contribution is 7.99. The van der Waals surface area contributed by atoms with Crippen LogP contribution in [0.2, 0.25) is 0 Å². The van der Waals surface area contributed by atoms with Gasteiger partial charge in [0.05, 0.1) is 5.60 Å². The van der Waals surface area contributed by atoms with Crippen LogP contribution < -0.4 is 5.32 Å². The van der Waals surface area contributed by atoms with Crippen molar-refractivity contribution >= 4 is 11.8 Å². The molecular formula is C17H31NOS. The lowest BCUT2D eigenvalue weighted by atomic mass is 9.77. The molecule has 2 nitrogen and oxygen atoms in total. The number of thioether (sulfide) groups is 1. The van der Waals surface area contributed by atoms with Gasteiger partial charge < -0.3 is 10.1 Å². The predicted molar refractivity (Wildman–Crippen MR) is 87.3 cm³/mol. The molecule has 3 heteroatoms. The van der Waals surface area contributed by atoms with Crippen LogP contribution in [0.1, 0.15) is 52.4 Å². The lowest BCUT2D eigenvalue weighted by molar-refractivity contribution is -0.108. The second kappa shape index (κ2) is 6.58. The van der Waals surface area contributed by atoms with E-state index in [-0.39, 0.29) is 5.60 Å². The monoisotopic (exact) mass is 297 g/mol. The van der Waals surface area contributed by atoms with Gasteiger partial charge in [0.25, 0.3) is 0 Å². The molecule has 0 bridgehead atoms. The maximum atomic E-state index is 6.28. The van der Waals surface area contributed by atoms with E-state index in [1.807, 2.05) is 0 Å². The van der Waals surface area contributed by atoms with Crippen LogP contribution in [0, 0.1) is 17.8 Å². The van der Waals surface area contributed by atoms with Crippen LogP contribution in [0.4, 0.5) is 0 Å². The smallest absolute Gasteiger partial charge is 0.0701 e. The minimum absolute atomic E-state index is 0.248. The van der Waals surface area contributed by atoms with E-state index >= 15 is 0 Å². The zero-order valence-corrected chi connectivity index (χ0v) is 14.0. The Morgan fingerprint density at radius 1 is 1.35 bits per heavy atom. The number of hydrogen-bond donors (Lipinski definition) is 1. The summed E-state index contributed by atoms with van der Waals surface area (Å²) in [6, 6.07) is 0.764. The zero-order chi connectivity index (χ0) is 14.0. The van der Waals surface area contributed by atoms with E-state index in [9.17, 15) is 0 Å². The van der Waals surface area contributed by atoms with Gasteiger partial charge in [-0.15, -0.1) is 0 Å². The summed E-state index contributed by atoms with van der Waals surface area (Å²) in [5.41, 5.74) is 0.248. The first-order chi connectivity index (χ1) is 9.74. The standard InChI is InChI=1S/C17H31NOS/c1-3-7-18-16(15-11-13(15)2)14-4-8-19-17(12-14)5-9-20-10-6-17/h13-16,18H,3-12H2,1-2H3. The number of rotatable bonds is 5. The van der Waals surface area contributed by atoms with E-state index in [2.05, 4.69) is 30.9 Å². The van der Waals surface area contributed by atoms with E-state index < -0.39 is 0 Å². The summed E-state index contributed by atoms with van der Waals surface area (Å²) in [6.45, 7) is 6.90. The number of ether oxygens (including phenoxy) is 1. The van der Waals surface area contributed by atoms with E-state index in [0.29, 0.717) is 0 Å². The molecule has 0 amide bonds. The molecule has 1 aliphatic carbocycles. The number of hydrogen-bond acceptors (Lipinski definition) is 3. The van der Waals surface area contributed by atoms with Crippen LogP contribution in [0.5, 0.6) is 0 Å². The number of nitrogens with one attached hydrogen (secondary N) is 1. The molecule has 116 valence electrons. The Labute approximate surface area is 128 Å². The van der Waals surface area contributed by atoms with Gasteiger partial charge in [-0.25, -0.2) is 0 Å². The molecular weight excluding hydrogens is 266 g/mol. The van der Waals surface area contributed by atoms with Crippen LogP contribution in [0.3, 0.4) is 0 Å². The maximum Gasteiger partial charge on any atom is 0.0701 e. The van der Waals surface area contributed by atoms with Crippen LogP contribution in [-0.4, -0.2) is 36.3 Å². The van der Waals surface area contributed by atoms with E-state index in [4.69, 9.17) is 4.74 Å². The second-order valence-corrected chi connectivity index (χ2v) is 8.48. The first kappa shape index (κ1) is 15.2. The minimum Gasteiger partial charge on any atom is -0.375 e. The molecule has 20 heavy (non-hydrogen) atoms. The Balaban J connectivity index is 1.63. The van der Waals surface area contributed by atoms with Gasteiger partial charge in [0.15, 0.2) is 0 Å². The molecule has 1 N–H and O–H groups in total. The molecule has 4 atom stereocenters. The second-order valence-electron chi connectivity index (χ2n) is 7.25. The van der Waals surface area contributed by atoms with Crippen molar-refractivity contribution in [2.24, 2.45) is 17.8 Å². The van der Waals surface area contributed by atoms with Crippen LogP contribution in [0.15, 0.2) is 0 Å². The van der Waals surface area contributed by atoms with Gasteiger partial charge in [0, 0.05) is 12.6 Å². The summed E-state index contributed by atoms with van der Waals surface area (Å²) in [4.78, 5) is 0.